The van der Waals surface area contributed by atoms with Crippen LogP contribution in [0.15, 0.2) is 77.1 Å². The average molecular weight is 434 g/mol. The Hall–Kier alpha value is -3.16. The van der Waals surface area contributed by atoms with Gasteiger partial charge in [-0.3, -0.25) is 9.59 Å². The maximum absolute atomic E-state index is 12.5. The first-order chi connectivity index (χ1) is 14.6. The third-order valence-electron chi connectivity index (χ3n) is 4.29. The SMILES string of the molecule is Cc1cccc(C(=O)Nc2ccc3nc(SCC(=O)Nc4ccccc4)sc3c2)c1. The Bertz CT molecular complexity index is 1210. The third-order valence-corrected chi connectivity index (χ3v) is 6.45. The second kappa shape index (κ2) is 9.11. The Balaban J connectivity index is 1.39. The number of nitrogens with one attached hydrogen (secondary N) is 2. The van der Waals surface area contributed by atoms with Gasteiger partial charge < -0.3 is 10.6 Å². The molecule has 150 valence electrons. The molecule has 4 aromatic rings. The predicted octanol–water partition coefficient (Wildman–Crippen LogP) is 5.59. The summed E-state index contributed by atoms with van der Waals surface area (Å²) in [6.45, 7) is 1.96. The molecule has 0 unspecified atom stereocenters. The van der Waals surface area contributed by atoms with E-state index in [1.54, 1.807) is 6.07 Å². The first-order valence-electron chi connectivity index (χ1n) is 9.33. The quantitative estimate of drug-likeness (QED) is 0.389. The number of benzene rings is 3. The van der Waals surface area contributed by atoms with Crippen molar-refractivity contribution in [3.05, 3.63) is 83.9 Å². The molecule has 0 saturated heterocycles. The number of thiazole rings is 1. The number of hydrogen-bond donors (Lipinski definition) is 2. The fraction of sp³-hybridized carbons (Fsp3) is 0.0870. The molecule has 0 aliphatic heterocycles. The molecule has 0 aliphatic rings. The molecule has 0 spiro atoms. The van der Waals surface area contributed by atoms with Crippen molar-refractivity contribution in [2.75, 3.05) is 16.4 Å². The van der Waals surface area contributed by atoms with Crippen molar-refractivity contribution >= 4 is 56.5 Å². The number of carbonyl (C=O) groups excluding carboxylic acids is 2. The molecule has 5 nitrogen and oxygen atoms in total. The number of aryl methyl sites for hydroxylation is 1. The van der Waals surface area contributed by atoms with E-state index in [0.29, 0.717) is 5.56 Å². The van der Waals surface area contributed by atoms with Crippen LogP contribution in [0.25, 0.3) is 10.2 Å². The molecular formula is C23H19N3O2S2. The van der Waals surface area contributed by atoms with Gasteiger partial charge in [-0.05, 0) is 49.4 Å². The van der Waals surface area contributed by atoms with Crippen LogP contribution in [0.2, 0.25) is 0 Å². The lowest BCUT2D eigenvalue weighted by Gasteiger charge is -2.05. The number of nitrogens with zero attached hydrogens (tertiary/aromatic N) is 1. The molecule has 4 rings (SSSR count). The second-order valence-corrected chi connectivity index (χ2v) is 8.94. The van der Waals surface area contributed by atoms with Crippen molar-refractivity contribution in [2.24, 2.45) is 0 Å². The molecule has 2 amide bonds. The van der Waals surface area contributed by atoms with Crippen molar-refractivity contribution < 1.29 is 9.59 Å². The molecule has 7 heteroatoms. The molecule has 2 N–H and O–H groups in total. The number of anilines is 2. The smallest absolute Gasteiger partial charge is 0.255 e. The van der Waals surface area contributed by atoms with Crippen LogP contribution in [-0.2, 0) is 4.79 Å². The van der Waals surface area contributed by atoms with Crippen LogP contribution < -0.4 is 10.6 Å². The lowest BCUT2D eigenvalue weighted by atomic mass is 10.1. The minimum atomic E-state index is -0.144. The summed E-state index contributed by atoms with van der Waals surface area (Å²) in [5, 5.41) is 5.80. The number of para-hydroxylation sites is 1. The highest BCUT2D eigenvalue weighted by Crippen LogP contribution is 2.31. The van der Waals surface area contributed by atoms with E-state index in [0.717, 1.165) is 31.5 Å². The first-order valence-corrected chi connectivity index (χ1v) is 11.1. The molecule has 1 heterocycles. The minimum Gasteiger partial charge on any atom is -0.325 e. The molecule has 30 heavy (non-hydrogen) atoms. The van der Waals surface area contributed by atoms with Crippen molar-refractivity contribution in [1.82, 2.24) is 4.98 Å². The van der Waals surface area contributed by atoms with E-state index in [4.69, 9.17) is 0 Å². The van der Waals surface area contributed by atoms with Crippen LogP contribution in [0.4, 0.5) is 11.4 Å². The van der Waals surface area contributed by atoms with E-state index in [-0.39, 0.29) is 17.6 Å². The summed E-state index contributed by atoms with van der Waals surface area (Å²) in [4.78, 5) is 29.2. The van der Waals surface area contributed by atoms with Gasteiger partial charge in [0.1, 0.15) is 0 Å². The van der Waals surface area contributed by atoms with E-state index in [1.165, 1.54) is 23.1 Å². The summed E-state index contributed by atoms with van der Waals surface area (Å²) in [5.74, 6) is 0.0670. The van der Waals surface area contributed by atoms with Crippen LogP contribution >= 0.6 is 23.1 Å². The summed E-state index contributed by atoms with van der Waals surface area (Å²) in [7, 11) is 0. The summed E-state index contributed by atoms with van der Waals surface area (Å²) in [5.41, 5.74) is 4.01. The van der Waals surface area contributed by atoms with Gasteiger partial charge in [0.05, 0.1) is 16.0 Å². The number of thioether (sulfide) groups is 1. The van der Waals surface area contributed by atoms with Crippen molar-refractivity contribution in [3.8, 4) is 0 Å². The highest BCUT2D eigenvalue weighted by atomic mass is 32.2. The number of aromatic nitrogens is 1. The van der Waals surface area contributed by atoms with Crippen LogP contribution in [0, 0.1) is 6.92 Å². The van der Waals surface area contributed by atoms with Gasteiger partial charge in [-0.15, -0.1) is 11.3 Å². The molecule has 0 aliphatic carbocycles. The summed E-state index contributed by atoms with van der Waals surface area (Å²) >= 11 is 2.91. The van der Waals surface area contributed by atoms with E-state index >= 15 is 0 Å². The summed E-state index contributed by atoms with van der Waals surface area (Å²) < 4.78 is 1.78. The van der Waals surface area contributed by atoms with E-state index in [2.05, 4.69) is 15.6 Å². The Morgan fingerprint density at radius 1 is 0.933 bits per heavy atom. The average Bonchev–Trinajstić information content (AvgIpc) is 3.15. The van der Waals surface area contributed by atoms with Crippen LogP contribution in [0.3, 0.4) is 0 Å². The molecule has 0 atom stereocenters. The molecule has 0 fully saturated rings. The van der Waals surface area contributed by atoms with Crippen LogP contribution in [0.1, 0.15) is 15.9 Å². The monoisotopic (exact) mass is 433 g/mol. The zero-order valence-electron chi connectivity index (χ0n) is 16.2. The van der Waals surface area contributed by atoms with Gasteiger partial charge in [0.2, 0.25) is 5.91 Å². The van der Waals surface area contributed by atoms with Gasteiger partial charge in [-0.2, -0.15) is 0 Å². The molecule has 1 aromatic heterocycles. The normalized spacial score (nSPS) is 10.7. The van der Waals surface area contributed by atoms with Gasteiger partial charge in [-0.1, -0.05) is 47.7 Å². The fourth-order valence-corrected chi connectivity index (χ4v) is 4.79. The maximum atomic E-state index is 12.5. The first kappa shape index (κ1) is 20.1. The number of hydrogen-bond acceptors (Lipinski definition) is 5. The number of amides is 2. The Morgan fingerprint density at radius 3 is 2.57 bits per heavy atom. The molecular weight excluding hydrogens is 414 g/mol. The highest BCUT2D eigenvalue weighted by molar-refractivity contribution is 8.01. The zero-order chi connectivity index (χ0) is 20.9. The van der Waals surface area contributed by atoms with E-state index in [9.17, 15) is 9.59 Å². The largest absolute Gasteiger partial charge is 0.325 e. The summed E-state index contributed by atoms with van der Waals surface area (Å²) in [6, 6.07) is 22.5. The fourth-order valence-electron chi connectivity index (χ4n) is 2.88. The number of carbonyl (C=O) groups is 2. The third kappa shape index (κ3) is 5.06. The number of fused-ring (bicyclic) bond motifs is 1. The van der Waals surface area contributed by atoms with Gasteiger partial charge >= 0.3 is 0 Å². The van der Waals surface area contributed by atoms with Crippen molar-refractivity contribution in [3.63, 3.8) is 0 Å². The van der Waals surface area contributed by atoms with Gasteiger partial charge in [-0.25, -0.2) is 4.98 Å². The van der Waals surface area contributed by atoms with Gasteiger partial charge in [0, 0.05) is 16.9 Å². The maximum Gasteiger partial charge on any atom is 0.255 e. The van der Waals surface area contributed by atoms with Crippen molar-refractivity contribution in [1.29, 1.82) is 0 Å². The Labute approximate surface area is 182 Å². The van der Waals surface area contributed by atoms with Crippen LogP contribution in [0.5, 0.6) is 0 Å². The highest BCUT2D eigenvalue weighted by Gasteiger charge is 2.11. The van der Waals surface area contributed by atoms with Gasteiger partial charge in [0.25, 0.3) is 5.91 Å². The van der Waals surface area contributed by atoms with E-state index in [1.807, 2.05) is 73.7 Å². The molecule has 0 bridgehead atoms. The standard InChI is InChI=1S/C23H19N3O2S2/c1-15-6-5-7-16(12-15)22(28)25-18-10-11-19-20(13-18)30-23(26-19)29-14-21(27)24-17-8-3-2-4-9-17/h2-13H,14H2,1H3,(H,24,27)(H,25,28). The topological polar surface area (TPSA) is 71.1 Å². The number of rotatable bonds is 6. The molecule has 0 saturated carbocycles. The van der Waals surface area contributed by atoms with Crippen LogP contribution in [-0.4, -0.2) is 22.6 Å². The molecule has 0 radical (unpaired) electrons. The lowest BCUT2D eigenvalue weighted by molar-refractivity contribution is -0.113. The molecule has 3 aromatic carbocycles. The Kier molecular flexibility index (Phi) is 6.11. The van der Waals surface area contributed by atoms with Gasteiger partial charge in [0.15, 0.2) is 4.34 Å². The zero-order valence-corrected chi connectivity index (χ0v) is 17.8. The lowest BCUT2D eigenvalue weighted by Crippen LogP contribution is -2.13. The Morgan fingerprint density at radius 2 is 1.77 bits per heavy atom. The summed E-state index contributed by atoms with van der Waals surface area (Å²) in [6.07, 6.45) is 0. The second-order valence-electron chi connectivity index (χ2n) is 6.69. The van der Waals surface area contributed by atoms with Crippen molar-refractivity contribution in [2.45, 2.75) is 11.3 Å². The van der Waals surface area contributed by atoms with E-state index < -0.39 is 0 Å². The minimum absolute atomic E-state index is 0.0726. The predicted molar refractivity (Wildman–Crippen MR) is 125 cm³/mol.